The number of nitro groups is 1. The van der Waals surface area contributed by atoms with Crippen molar-refractivity contribution in [1.82, 2.24) is 4.31 Å². The number of nitro benzene ring substituents is 1. The average Bonchev–Trinajstić information content (AvgIpc) is 3.24. The number of benzene rings is 2. The molecule has 1 saturated heterocycles. The van der Waals surface area contributed by atoms with Crippen LogP contribution in [0.4, 0.5) is 11.4 Å². The van der Waals surface area contributed by atoms with Gasteiger partial charge in [-0.05, 0) is 43.2 Å². The normalized spacial score (nSPS) is 14.5. The Balaban J connectivity index is 1.75. The van der Waals surface area contributed by atoms with Gasteiger partial charge in [0.1, 0.15) is 0 Å². The highest BCUT2D eigenvalue weighted by Gasteiger charge is 2.30. The molecule has 1 aliphatic heterocycles. The highest BCUT2D eigenvalue weighted by molar-refractivity contribution is 7.89. The molecule has 0 unspecified atom stereocenters. The van der Waals surface area contributed by atoms with Crippen LogP contribution in [0, 0.1) is 10.1 Å². The van der Waals surface area contributed by atoms with Crippen LogP contribution in [-0.2, 0) is 14.8 Å². The highest BCUT2D eigenvalue weighted by Crippen LogP contribution is 2.32. The molecule has 1 aliphatic rings. The summed E-state index contributed by atoms with van der Waals surface area (Å²) in [6, 6.07) is 7.83. The smallest absolute Gasteiger partial charge is 0.312 e. The van der Waals surface area contributed by atoms with Gasteiger partial charge in [0.15, 0.2) is 12.4 Å². The Morgan fingerprint density at radius 1 is 1.17 bits per heavy atom. The zero-order valence-corrected chi connectivity index (χ0v) is 17.8. The summed E-state index contributed by atoms with van der Waals surface area (Å²) >= 11 is 11.8. The SMILES string of the molecule is O=C(COc1ccc(S(=O)(=O)N2CCCC2)cc1[N+](=O)[O-])Nc1cc(Cl)ccc1Cl. The molecule has 1 heterocycles. The van der Waals surface area contributed by atoms with Crippen molar-refractivity contribution in [3.63, 3.8) is 0 Å². The molecule has 0 atom stereocenters. The van der Waals surface area contributed by atoms with E-state index in [2.05, 4.69) is 5.32 Å². The van der Waals surface area contributed by atoms with Gasteiger partial charge in [-0.15, -0.1) is 0 Å². The minimum atomic E-state index is -3.83. The van der Waals surface area contributed by atoms with E-state index >= 15 is 0 Å². The monoisotopic (exact) mass is 473 g/mol. The summed E-state index contributed by atoms with van der Waals surface area (Å²) in [5.74, 6) is -0.852. The first-order valence-corrected chi connectivity index (χ1v) is 11.0. The Hall–Kier alpha value is -2.40. The first kappa shape index (κ1) is 22.3. The molecule has 0 spiro atoms. The second kappa shape index (κ2) is 9.17. The number of hydrogen-bond donors (Lipinski definition) is 1. The van der Waals surface area contributed by atoms with E-state index in [1.54, 1.807) is 6.07 Å². The topological polar surface area (TPSA) is 119 Å². The van der Waals surface area contributed by atoms with Crippen LogP contribution < -0.4 is 10.1 Å². The number of anilines is 1. The number of nitrogens with one attached hydrogen (secondary N) is 1. The Morgan fingerprint density at radius 3 is 2.53 bits per heavy atom. The first-order valence-electron chi connectivity index (χ1n) is 8.85. The molecule has 9 nitrogen and oxygen atoms in total. The fourth-order valence-corrected chi connectivity index (χ4v) is 4.80. The highest BCUT2D eigenvalue weighted by atomic mass is 35.5. The molecular weight excluding hydrogens is 457 g/mol. The number of sulfonamides is 1. The fourth-order valence-electron chi connectivity index (χ4n) is 2.92. The lowest BCUT2D eigenvalue weighted by molar-refractivity contribution is -0.386. The van der Waals surface area contributed by atoms with Crippen molar-refractivity contribution in [2.45, 2.75) is 17.7 Å². The zero-order chi connectivity index (χ0) is 21.9. The van der Waals surface area contributed by atoms with E-state index in [4.69, 9.17) is 27.9 Å². The van der Waals surface area contributed by atoms with E-state index in [0.717, 1.165) is 18.9 Å². The second-order valence-electron chi connectivity index (χ2n) is 6.46. The van der Waals surface area contributed by atoms with E-state index in [0.29, 0.717) is 18.1 Å². The molecule has 0 radical (unpaired) electrons. The summed E-state index contributed by atoms with van der Waals surface area (Å²) in [4.78, 5) is 22.6. The molecule has 3 rings (SSSR count). The van der Waals surface area contributed by atoms with Crippen LogP contribution in [0.3, 0.4) is 0 Å². The van der Waals surface area contributed by atoms with Gasteiger partial charge in [0.25, 0.3) is 5.91 Å². The first-order chi connectivity index (χ1) is 14.2. The van der Waals surface area contributed by atoms with Gasteiger partial charge in [-0.1, -0.05) is 23.2 Å². The van der Waals surface area contributed by atoms with Crippen molar-refractivity contribution in [1.29, 1.82) is 0 Å². The quantitative estimate of drug-likeness (QED) is 0.483. The third kappa shape index (κ3) is 5.01. The Labute approximate surface area is 182 Å². The van der Waals surface area contributed by atoms with Crippen molar-refractivity contribution in [2.24, 2.45) is 0 Å². The molecule has 2 aromatic rings. The van der Waals surface area contributed by atoms with Crippen LogP contribution in [0.5, 0.6) is 5.75 Å². The molecule has 0 aliphatic carbocycles. The molecule has 12 heteroatoms. The molecule has 30 heavy (non-hydrogen) atoms. The molecule has 1 N–H and O–H groups in total. The molecule has 160 valence electrons. The molecular formula is C18H17Cl2N3O6S. The summed E-state index contributed by atoms with van der Waals surface area (Å²) in [5.41, 5.74) is -0.289. The predicted octanol–water partition coefficient (Wildman–Crippen LogP) is 3.70. The van der Waals surface area contributed by atoms with Crippen LogP contribution in [0.15, 0.2) is 41.3 Å². The van der Waals surface area contributed by atoms with Gasteiger partial charge >= 0.3 is 5.69 Å². The number of nitrogens with zero attached hydrogens (tertiary/aromatic N) is 2. The van der Waals surface area contributed by atoms with Gasteiger partial charge in [0, 0.05) is 24.2 Å². The van der Waals surface area contributed by atoms with E-state index in [-0.39, 0.29) is 21.4 Å². The lowest BCUT2D eigenvalue weighted by Crippen LogP contribution is -2.28. The van der Waals surface area contributed by atoms with Crippen LogP contribution in [0.1, 0.15) is 12.8 Å². The summed E-state index contributed by atoms with van der Waals surface area (Å²) < 4.78 is 31.8. The summed E-state index contributed by atoms with van der Waals surface area (Å²) in [6.45, 7) is 0.198. The van der Waals surface area contributed by atoms with E-state index in [9.17, 15) is 23.3 Å². The van der Waals surface area contributed by atoms with Gasteiger partial charge in [-0.2, -0.15) is 4.31 Å². The second-order valence-corrected chi connectivity index (χ2v) is 9.24. The minimum absolute atomic E-state index is 0.196. The number of halogens is 2. The number of ether oxygens (including phenoxy) is 1. The van der Waals surface area contributed by atoms with Crippen LogP contribution in [0.25, 0.3) is 0 Å². The number of amides is 1. The predicted molar refractivity (Wildman–Crippen MR) is 112 cm³/mol. The van der Waals surface area contributed by atoms with Gasteiger partial charge in [-0.25, -0.2) is 8.42 Å². The number of hydrogen-bond acceptors (Lipinski definition) is 6. The fraction of sp³-hybridized carbons (Fsp3) is 0.278. The van der Waals surface area contributed by atoms with Crippen molar-refractivity contribution < 1.29 is 22.9 Å². The standard InChI is InChI=1S/C18H17Cl2N3O6S/c19-12-3-5-14(20)15(9-12)21-18(24)11-29-17-6-4-13(10-16(17)23(25)26)30(27,28)22-7-1-2-8-22/h3-6,9-10H,1-2,7-8,11H2,(H,21,24). The molecule has 0 aromatic heterocycles. The maximum Gasteiger partial charge on any atom is 0.312 e. The number of rotatable bonds is 7. The van der Waals surface area contributed by atoms with Crippen molar-refractivity contribution in [3.05, 3.63) is 56.6 Å². The lowest BCUT2D eigenvalue weighted by Gasteiger charge is -2.16. The summed E-state index contributed by atoms with van der Waals surface area (Å²) in [7, 11) is -3.83. The summed E-state index contributed by atoms with van der Waals surface area (Å²) in [6.07, 6.45) is 1.49. The Kier molecular flexibility index (Phi) is 6.81. The van der Waals surface area contributed by atoms with E-state index < -0.39 is 33.1 Å². The molecule has 0 saturated carbocycles. The minimum Gasteiger partial charge on any atom is -0.477 e. The molecule has 2 aromatic carbocycles. The zero-order valence-electron chi connectivity index (χ0n) is 15.5. The van der Waals surface area contributed by atoms with Gasteiger partial charge in [0.2, 0.25) is 10.0 Å². The maximum absolute atomic E-state index is 12.6. The van der Waals surface area contributed by atoms with Crippen LogP contribution in [-0.4, -0.2) is 43.2 Å². The summed E-state index contributed by atoms with van der Waals surface area (Å²) in [5, 5.41) is 14.5. The third-order valence-electron chi connectivity index (χ3n) is 4.39. The molecule has 1 fully saturated rings. The molecule has 1 amide bonds. The van der Waals surface area contributed by atoms with Crippen molar-refractivity contribution >= 4 is 50.5 Å². The van der Waals surface area contributed by atoms with Gasteiger partial charge in [-0.3, -0.25) is 14.9 Å². The Morgan fingerprint density at radius 2 is 1.87 bits per heavy atom. The average molecular weight is 474 g/mol. The third-order valence-corrected chi connectivity index (χ3v) is 6.85. The Bertz CT molecular complexity index is 1090. The van der Waals surface area contributed by atoms with Crippen molar-refractivity contribution in [3.8, 4) is 5.75 Å². The van der Waals surface area contributed by atoms with E-state index in [1.165, 1.54) is 28.6 Å². The van der Waals surface area contributed by atoms with Crippen LogP contribution in [0.2, 0.25) is 10.0 Å². The van der Waals surface area contributed by atoms with Crippen molar-refractivity contribution in [2.75, 3.05) is 25.0 Å². The van der Waals surface area contributed by atoms with Gasteiger partial charge < -0.3 is 10.1 Å². The van der Waals surface area contributed by atoms with E-state index in [1.807, 2.05) is 0 Å². The maximum atomic E-state index is 12.6. The molecule has 0 bridgehead atoms. The largest absolute Gasteiger partial charge is 0.477 e. The lowest BCUT2D eigenvalue weighted by atomic mass is 10.3. The van der Waals surface area contributed by atoms with Gasteiger partial charge in [0.05, 0.1) is 20.5 Å². The van der Waals surface area contributed by atoms with Crippen LogP contribution >= 0.6 is 23.2 Å². The number of carbonyl (C=O) groups is 1. The number of carbonyl (C=O) groups excluding carboxylic acids is 1.